The minimum Gasteiger partial charge on any atom is -0.491 e. The molecule has 0 saturated heterocycles. The van der Waals surface area contributed by atoms with Crippen LogP contribution in [0.3, 0.4) is 0 Å². The lowest BCUT2D eigenvalue weighted by atomic mass is 10.0. The summed E-state index contributed by atoms with van der Waals surface area (Å²) >= 11 is 12.7. The van der Waals surface area contributed by atoms with Gasteiger partial charge in [-0.05, 0) is 99.2 Å². The average molecular weight is 844 g/mol. The Bertz CT molecular complexity index is 2000. The van der Waals surface area contributed by atoms with Crippen LogP contribution < -0.4 is 18.5 Å². The third-order valence-electron chi connectivity index (χ3n) is 8.34. The molecule has 2 aliphatic rings. The van der Waals surface area contributed by atoms with Crippen LogP contribution in [-0.4, -0.2) is 63.1 Å². The number of ether oxygens (including phenoxy) is 6. The molecule has 1 heterocycles. The molecule has 0 spiro atoms. The average Bonchev–Trinajstić information content (AvgIpc) is 4.02. The van der Waals surface area contributed by atoms with Crippen molar-refractivity contribution < 1.29 is 60.0 Å². The van der Waals surface area contributed by atoms with Crippen LogP contribution in [-0.2, 0) is 46.9 Å². The number of sulfonamides is 1. The SMILES string of the molecule is CC(C)(C)OC(=O)N(c1ccc(COC(=O)CC(=O)O[C@@H](Cc2c(Cl)cncc2Cl)c2ccc(OC(F)F)c(OCC3CC3)c2)cc1OCC1CC1)S(C)(=O)=O. The Labute approximate surface area is 333 Å². The van der Waals surface area contributed by atoms with Gasteiger partial charge in [0.25, 0.3) is 0 Å². The second-order valence-corrected chi connectivity index (χ2v) is 17.2. The Hall–Kier alpha value is -4.41. The first-order valence-corrected chi connectivity index (χ1v) is 20.3. The predicted octanol–water partition coefficient (Wildman–Crippen LogP) is 8.23. The molecule has 3 aromatic rings. The Balaban J connectivity index is 1.31. The number of alkyl halides is 2. The molecule has 0 unspecified atom stereocenters. The standard InChI is InChI=1S/C38H42Cl2F2N2O11S/c1-38(2,3)55-37(47)44(56(4,48)49)29-11-9-24(13-32(29)50-19-22-5-6-22)21-52-34(45)16-35(46)53-31(15-26-27(39)17-43-18-28(26)40)25-10-12-30(54-36(41)42)33(14-25)51-20-23-7-8-23/h9-14,17-18,22-23,31,36H,5-8,15-16,19-21H2,1-4H3/t31-/m0/s1. The minimum atomic E-state index is -4.17. The number of aromatic nitrogens is 1. The van der Waals surface area contributed by atoms with Crippen molar-refractivity contribution in [3.05, 3.63) is 75.5 Å². The van der Waals surface area contributed by atoms with E-state index in [9.17, 15) is 31.6 Å². The van der Waals surface area contributed by atoms with Crippen LogP contribution in [0.2, 0.25) is 10.0 Å². The van der Waals surface area contributed by atoms with Gasteiger partial charge in [-0.2, -0.15) is 13.1 Å². The molecule has 304 valence electrons. The summed E-state index contributed by atoms with van der Waals surface area (Å²) in [5, 5.41) is 0.358. The van der Waals surface area contributed by atoms with Gasteiger partial charge in [-0.15, -0.1) is 0 Å². The van der Waals surface area contributed by atoms with Gasteiger partial charge in [0.2, 0.25) is 10.0 Å². The van der Waals surface area contributed by atoms with Crippen LogP contribution in [0.15, 0.2) is 48.8 Å². The topological polar surface area (TPSA) is 157 Å². The number of hydrogen-bond donors (Lipinski definition) is 0. The molecule has 2 aromatic carbocycles. The van der Waals surface area contributed by atoms with E-state index < -0.39 is 52.8 Å². The number of esters is 2. The maximum absolute atomic E-state index is 13.2. The lowest BCUT2D eigenvalue weighted by Gasteiger charge is -2.27. The van der Waals surface area contributed by atoms with Gasteiger partial charge in [0.05, 0.1) is 29.5 Å². The third kappa shape index (κ3) is 12.8. The lowest BCUT2D eigenvalue weighted by Crippen LogP contribution is -2.40. The molecule has 1 aromatic heterocycles. The predicted molar refractivity (Wildman–Crippen MR) is 201 cm³/mol. The highest BCUT2D eigenvalue weighted by Gasteiger charge is 2.34. The van der Waals surface area contributed by atoms with Gasteiger partial charge in [-0.1, -0.05) is 35.3 Å². The number of hydrogen-bond acceptors (Lipinski definition) is 12. The fraction of sp³-hybridized carbons (Fsp3) is 0.474. The number of carbonyl (C=O) groups excluding carboxylic acids is 3. The van der Waals surface area contributed by atoms with E-state index in [0.717, 1.165) is 31.9 Å². The highest BCUT2D eigenvalue weighted by Crippen LogP contribution is 2.39. The Morgan fingerprint density at radius 2 is 1.52 bits per heavy atom. The zero-order valence-electron chi connectivity index (χ0n) is 31.1. The molecule has 0 radical (unpaired) electrons. The van der Waals surface area contributed by atoms with Crippen molar-refractivity contribution >= 4 is 56.9 Å². The smallest absolute Gasteiger partial charge is 0.429 e. The van der Waals surface area contributed by atoms with E-state index in [-0.39, 0.29) is 71.1 Å². The summed E-state index contributed by atoms with van der Waals surface area (Å²) < 4.78 is 85.3. The van der Waals surface area contributed by atoms with Crippen LogP contribution in [0.25, 0.3) is 0 Å². The van der Waals surface area contributed by atoms with Crippen molar-refractivity contribution in [3.8, 4) is 17.2 Å². The quantitative estimate of drug-likeness (QED) is 0.0688. The summed E-state index contributed by atoms with van der Waals surface area (Å²) in [7, 11) is -4.17. The molecule has 1 atom stereocenters. The molecule has 1 amide bonds. The molecule has 2 aliphatic carbocycles. The van der Waals surface area contributed by atoms with Crippen LogP contribution in [0, 0.1) is 11.8 Å². The van der Waals surface area contributed by atoms with E-state index in [1.54, 1.807) is 20.8 Å². The first kappa shape index (κ1) is 42.7. The van der Waals surface area contributed by atoms with Crippen molar-refractivity contribution in [3.63, 3.8) is 0 Å². The number of halogens is 4. The number of anilines is 1. The lowest BCUT2D eigenvalue weighted by molar-refractivity contribution is -0.158. The van der Waals surface area contributed by atoms with Gasteiger partial charge in [-0.25, -0.2) is 13.2 Å². The van der Waals surface area contributed by atoms with Gasteiger partial charge in [0.1, 0.15) is 36.2 Å². The van der Waals surface area contributed by atoms with E-state index in [0.29, 0.717) is 21.0 Å². The molecule has 18 heteroatoms. The Morgan fingerprint density at radius 1 is 0.893 bits per heavy atom. The van der Waals surface area contributed by atoms with Gasteiger partial charge in [0.15, 0.2) is 11.5 Å². The van der Waals surface area contributed by atoms with Crippen LogP contribution in [0.1, 0.15) is 75.7 Å². The second-order valence-electron chi connectivity index (χ2n) is 14.5. The molecule has 5 rings (SSSR count). The van der Waals surface area contributed by atoms with E-state index in [2.05, 4.69) is 9.72 Å². The Morgan fingerprint density at radius 3 is 2.09 bits per heavy atom. The fourth-order valence-corrected chi connectivity index (χ4v) is 6.58. The van der Waals surface area contributed by atoms with Crippen LogP contribution >= 0.6 is 23.2 Å². The fourth-order valence-electron chi connectivity index (χ4n) is 5.24. The number of benzene rings is 2. The van der Waals surface area contributed by atoms with Crippen molar-refractivity contribution in [2.75, 3.05) is 23.8 Å². The van der Waals surface area contributed by atoms with Crippen molar-refractivity contribution in [1.82, 2.24) is 4.98 Å². The van der Waals surface area contributed by atoms with Gasteiger partial charge < -0.3 is 28.4 Å². The van der Waals surface area contributed by atoms with Crippen LogP contribution in [0.4, 0.5) is 19.3 Å². The highest BCUT2D eigenvalue weighted by atomic mass is 35.5. The maximum Gasteiger partial charge on any atom is 0.429 e. The summed E-state index contributed by atoms with van der Waals surface area (Å²) in [6.07, 6.45) is 4.16. The molecule has 0 N–H and O–H groups in total. The molecule has 2 fully saturated rings. The monoisotopic (exact) mass is 842 g/mol. The summed E-state index contributed by atoms with van der Waals surface area (Å²) in [5.74, 6) is -1.54. The van der Waals surface area contributed by atoms with E-state index in [4.69, 9.17) is 46.9 Å². The summed E-state index contributed by atoms with van der Waals surface area (Å²) in [6.45, 7) is 1.88. The van der Waals surface area contributed by atoms with Crippen molar-refractivity contribution in [2.45, 2.75) is 84.2 Å². The van der Waals surface area contributed by atoms with Gasteiger partial charge in [-0.3, -0.25) is 14.6 Å². The minimum absolute atomic E-state index is 0.0133. The maximum atomic E-state index is 13.2. The van der Waals surface area contributed by atoms with Gasteiger partial charge in [0, 0.05) is 18.8 Å². The first-order chi connectivity index (χ1) is 26.4. The number of carbonyl (C=O) groups is 3. The van der Waals surface area contributed by atoms with Crippen molar-refractivity contribution in [2.24, 2.45) is 11.8 Å². The molecular formula is C38H42Cl2F2N2O11S. The second kappa shape index (κ2) is 18.2. The summed E-state index contributed by atoms with van der Waals surface area (Å²) in [6, 6.07) is 8.32. The molecule has 56 heavy (non-hydrogen) atoms. The summed E-state index contributed by atoms with van der Waals surface area (Å²) in [5.41, 5.74) is -0.0235. The number of pyridine rings is 1. The zero-order chi connectivity index (χ0) is 40.8. The largest absolute Gasteiger partial charge is 0.491 e. The van der Waals surface area contributed by atoms with Gasteiger partial charge >= 0.3 is 24.6 Å². The highest BCUT2D eigenvalue weighted by molar-refractivity contribution is 7.92. The third-order valence-corrected chi connectivity index (χ3v) is 10.00. The first-order valence-electron chi connectivity index (χ1n) is 17.7. The molecule has 0 aliphatic heterocycles. The normalized spacial score (nSPS) is 14.8. The Kier molecular flexibility index (Phi) is 13.9. The van der Waals surface area contributed by atoms with E-state index in [1.165, 1.54) is 48.8 Å². The molecule has 2 saturated carbocycles. The number of amides is 1. The van der Waals surface area contributed by atoms with E-state index >= 15 is 0 Å². The van der Waals surface area contributed by atoms with Crippen LogP contribution in [0.5, 0.6) is 17.2 Å². The molecular weight excluding hydrogens is 801 g/mol. The van der Waals surface area contributed by atoms with E-state index in [1.807, 2.05) is 0 Å². The number of nitrogens with zero attached hydrogens (tertiary/aromatic N) is 2. The summed E-state index contributed by atoms with van der Waals surface area (Å²) in [4.78, 5) is 43.2. The zero-order valence-corrected chi connectivity index (χ0v) is 33.4. The molecule has 0 bridgehead atoms. The molecule has 13 nitrogen and oxygen atoms in total. The van der Waals surface area contributed by atoms with Crippen molar-refractivity contribution in [1.29, 1.82) is 0 Å². The number of rotatable bonds is 18.